The molecule has 2 aromatic carbocycles. The molecule has 0 saturated heterocycles. The van der Waals surface area contributed by atoms with Crippen molar-refractivity contribution in [2.75, 3.05) is 5.73 Å². The third-order valence-electron chi connectivity index (χ3n) is 3.61. The van der Waals surface area contributed by atoms with Crippen molar-refractivity contribution >= 4 is 22.4 Å². The van der Waals surface area contributed by atoms with Gasteiger partial charge < -0.3 is 15.2 Å². The van der Waals surface area contributed by atoms with Crippen LogP contribution in [-0.2, 0) is 11.3 Å². The number of hydrogen-bond donors (Lipinski definition) is 1. The average molecular weight is 368 g/mol. The molecule has 5 nitrogen and oxygen atoms in total. The number of carbonyl (C=O) groups excluding carboxylic acids is 1. The van der Waals surface area contributed by atoms with Gasteiger partial charge in [-0.25, -0.2) is 9.78 Å². The van der Waals surface area contributed by atoms with Crippen LogP contribution in [0.1, 0.15) is 29.8 Å². The second-order valence-corrected chi connectivity index (χ2v) is 6.92. The van der Waals surface area contributed by atoms with Gasteiger partial charge in [-0.05, 0) is 55.8 Å². The molecular formula is C20H20N2O3S. The molecule has 2 N–H and O–H groups in total. The molecule has 0 atom stereocenters. The zero-order valence-corrected chi connectivity index (χ0v) is 15.5. The molecule has 134 valence electrons. The quantitative estimate of drug-likeness (QED) is 0.647. The summed E-state index contributed by atoms with van der Waals surface area (Å²) in [6, 6.07) is 14.9. The molecule has 3 aromatic rings. The summed E-state index contributed by atoms with van der Waals surface area (Å²) in [4.78, 5) is 16.1. The number of benzene rings is 2. The van der Waals surface area contributed by atoms with Gasteiger partial charge in [-0.1, -0.05) is 12.1 Å². The molecule has 0 radical (unpaired) electrons. The van der Waals surface area contributed by atoms with Crippen molar-refractivity contribution in [2.24, 2.45) is 0 Å². The van der Waals surface area contributed by atoms with Crippen molar-refractivity contribution in [3.8, 4) is 17.0 Å². The molecule has 0 fully saturated rings. The molecule has 0 unspecified atom stereocenters. The highest BCUT2D eigenvalue weighted by molar-refractivity contribution is 7.13. The number of hydrogen-bond acceptors (Lipinski definition) is 6. The van der Waals surface area contributed by atoms with Gasteiger partial charge in [0.15, 0.2) is 5.13 Å². The fraction of sp³-hybridized carbons (Fsp3) is 0.200. The summed E-state index contributed by atoms with van der Waals surface area (Å²) >= 11 is 1.42. The minimum absolute atomic E-state index is 0.130. The number of ether oxygens (including phenoxy) is 2. The Morgan fingerprint density at radius 2 is 1.81 bits per heavy atom. The predicted molar refractivity (Wildman–Crippen MR) is 103 cm³/mol. The Hall–Kier alpha value is -2.86. The van der Waals surface area contributed by atoms with Crippen molar-refractivity contribution in [3.63, 3.8) is 0 Å². The van der Waals surface area contributed by atoms with Gasteiger partial charge >= 0.3 is 5.97 Å². The first-order chi connectivity index (χ1) is 12.5. The zero-order valence-electron chi connectivity index (χ0n) is 14.6. The van der Waals surface area contributed by atoms with Crippen LogP contribution in [0, 0.1) is 0 Å². The number of nitrogens with zero attached hydrogens (tertiary/aromatic N) is 1. The second-order valence-electron chi connectivity index (χ2n) is 6.04. The number of anilines is 1. The molecule has 0 aliphatic heterocycles. The van der Waals surface area contributed by atoms with Crippen molar-refractivity contribution in [3.05, 3.63) is 65.0 Å². The van der Waals surface area contributed by atoms with E-state index in [0.29, 0.717) is 17.3 Å². The lowest BCUT2D eigenvalue weighted by atomic mass is 10.1. The van der Waals surface area contributed by atoms with Crippen molar-refractivity contribution in [1.82, 2.24) is 4.98 Å². The van der Waals surface area contributed by atoms with E-state index in [1.54, 1.807) is 12.1 Å². The number of rotatable bonds is 6. The maximum atomic E-state index is 11.8. The van der Waals surface area contributed by atoms with Crippen LogP contribution in [-0.4, -0.2) is 17.1 Å². The maximum Gasteiger partial charge on any atom is 0.338 e. The number of nitrogen functional groups attached to an aromatic ring is 1. The van der Waals surface area contributed by atoms with Gasteiger partial charge in [-0.15, -0.1) is 11.3 Å². The van der Waals surface area contributed by atoms with Crippen molar-refractivity contribution in [1.29, 1.82) is 0 Å². The Kier molecular flexibility index (Phi) is 5.53. The number of carbonyl (C=O) groups is 1. The summed E-state index contributed by atoms with van der Waals surface area (Å²) in [5, 5.41) is 2.48. The van der Waals surface area contributed by atoms with E-state index in [4.69, 9.17) is 15.2 Å². The molecular weight excluding hydrogens is 348 g/mol. The van der Waals surface area contributed by atoms with Gasteiger partial charge in [-0.2, -0.15) is 0 Å². The van der Waals surface area contributed by atoms with Gasteiger partial charge in [0, 0.05) is 10.9 Å². The third kappa shape index (κ3) is 4.61. The fourth-order valence-electron chi connectivity index (χ4n) is 2.33. The van der Waals surface area contributed by atoms with Crippen LogP contribution in [0.15, 0.2) is 53.9 Å². The van der Waals surface area contributed by atoms with E-state index in [1.165, 1.54) is 11.3 Å². The summed E-state index contributed by atoms with van der Waals surface area (Å²) < 4.78 is 11.0. The summed E-state index contributed by atoms with van der Waals surface area (Å²) in [7, 11) is 0. The minimum atomic E-state index is -0.314. The lowest BCUT2D eigenvalue weighted by molar-refractivity contribution is 0.0378. The molecule has 0 saturated carbocycles. The highest BCUT2D eigenvalue weighted by atomic mass is 32.1. The average Bonchev–Trinajstić information content (AvgIpc) is 3.07. The summed E-state index contributed by atoms with van der Waals surface area (Å²) in [5.74, 6) is 0.450. The SMILES string of the molecule is CC(C)OC(=O)c1ccc(COc2ccc(-c3csc(N)n3)cc2)cc1. The monoisotopic (exact) mass is 368 g/mol. The van der Waals surface area contributed by atoms with Crippen LogP contribution in [0.3, 0.4) is 0 Å². The lowest BCUT2D eigenvalue weighted by Crippen LogP contribution is -2.11. The minimum Gasteiger partial charge on any atom is -0.489 e. The van der Waals surface area contributed by atoms with Gasteiger partial charge in [0.25, 0.3) is 0 Å². The topological polar surface area (TPSA) is 74.4 Å². The molecule has 6 heteroatoms. The van der Waals surface area contributed by atoms with Crippen LogP contribution < -0.4 is 10.5 Å². The number of aromatic nitrogens is 1. The van der Waals surface area contributed by atoms with E-state index < -0.39 is 0 Å². The highest BCUT2D eigenvalue weighted by Gasteiger charge is 2.09. The van der Waals surface area contributed by atoms with Crippen LogP contribution in [0.4, 0.5) is 5.13 Å². The Labute approximate surface area is 156 Å². The number of nitrogens with two attached hydrogens (primary N) is 1. The lowest BCUT2D eigenvalue weighted by Gasteiger charge is -2.09. The maximum absolute atomic E-state index is 11.8. The molecule has 1 aromatic heterocycles. The predicted octanol–water partition coefficient (Wildman–Crippen LogP) is 4.54. The molecule has 1 heterocycles. The molecule has 26 heavy (non-hydrogen) atoms. The largest absolute Gasteiger partial charge is 0.489 e. The van der Waals surface area contributed by atoms with Gasteiger partial charge in [0.2, 0.25) is 0 Å². The molecule has 0 amide bonds. The van der Waals surface area contributed by atoms with Crippen LogP contribution in [0.5, 0.6) is 5.75 Å². The molecule has 0 bridgehead atoms. The van der Waals surface area contributed by atoms with E-state index in [9.17, 15) is 4.79 Å². The first kappa shape index (κ1) is 17.9. The Balaban J connectivity index is 1.58. The summed E-state index contributed by atoms with van der Waals surface area (Å²) in [6.07, 6.45) is -0.130. The number of thiazole rings is 1. The van der Waals surface area contributed by atoms with E-state index in [-0.39, 0.29) is 12.1 Å². The molecule has 3 rings (SSSR count). The van der Waals surface area contributed by atoms with Crippen LogP contribution >= 0.6 is 11.3 Å². The van der Waals surface area contributed by atoms with Crippen molar-refractivity contribution in [2.45, 2.75) is 26.6 Å². The van der Waals surface area contributed by atoms with E-state index in [2.05, 4.69) is 4.98 Å². The fourth-order valence-corrected chi connectivity index (χ4v) is 2.90. The molecule has 0 spiro atoms. The van der Waals surface area contributed by atoms with Gasteiger partial charge in [0.05, 0.1) is 17.4 Å². The van der Waals surface area contributed by atoms with Gasteiger partial charge in [0.1, 0.15) is 12.4 Å². The Morgan fingerprint density at radius 1 is 1.12 bits per heavy atom. The molecule has 0 aliphatic carbocycles. The van der Waals surface area contributed by atoms with E-state index in [1.807, 2.05) is 55.6 Å². The second kappa shape index (κ2) is 8.01. The summed E-state index contributed by atoms with van der Waals surface area (Å²) in [5.41, 5.74) is 9.04. The first-order valence-corrected chi connectivity index (χ1v) is 9.13. The number of esters is 1. The Bertz CT molecular complexity index is 871. The van der Waals surface area contributed by atoms with E-state index >= 15 is 0 Å². The molecule has 0 aliphatic rings. The van der Waals surface area contributed by atoms with Crippen LogP contribution in [0.25, 0.3) is 11.3 Å². The standard InChI is InChI=1S/C20H20N2O3S/c1-13(2)25-19(23)16-5-3-14(4-6-16)11-24-17-9-7-15(8-10-17)18-12-26-20(21)22-18/h3-10,12-13H,11H2,1-2H3,(H2,21,22). The summed E-state index contributed by atoms with van der Waals surface area (Å²) in [6.45, 7) is 4.08. The highest BCUT2D eigenvalue weighted by Crippen LogP contribution is 2.25. The zero-order chi connectivity index (χ0) is 18.5. The smallest absolute Gasteiger partial charge is 0.338 e. The van der Waals surface area contributed by atoms with Crippen molar-refractivity contribution < 1.29 is 14.3 Å². The van der Waals surface area contributed by atoms with Gasteiger partial charge in [-0.3, -0.25) is 0 Å². The Morgan fingerprint density at radius 3 is 2.38 bits per heavy atom. The third-order valence-corrected chi connectivity index (χ3v) is 4.28. The van der Waals surface area contributed by atoms with Crippen LogP contribution in [0.2, 0.25) is 0 Å². The first-order valence-electron chi connectivity index (χ1n) is 8.25. The normalized spacial score (nSPS) is 10.7. The van der Waals surface area contributed by atoms with E-state index in [0.717, 1.165) is 22.6 Å².